The standard InChI is InChI=1S/C16H16N2O2S/c1-9-3-4-10(2)14(5-9)21-15-7-12-13(6-11(15)17)20-8-16(19)18-12/h3-7H,8,17H2,1-2H3,(H,18,19). The zero-order chi connectivity index (χ0) is 15.0. The summed E-state index contributed by atoms with van der Waals surface area (Å²) in [5.41, 5.74) is 9.83. The zero-order valence-electron chi connectivity index (χ0n) is 11.9. The maximum Gasteiger partial charge on any atom is 0.262 e. The molecule has 0 bridgehead atoms. The van der Waals surface area contributed by atoms with Crippen LogP contribution < -0.4 is 15.8 Å². The average molecular weight is 300 g/mol. The molecule has 3 rings (SSSR count). The van der Waals surface area contributed by atoms with Crippen molar-refractivity contribution in [2.24, 2.45) is 0 Å². The highest BCUT2D eigenvalue weighted by molar-refractivity contribution is 7.99. The first-order valence-electron chi connectivity index (χ1n) is 6.64. The highest BCUT2D eigenvalue weighted by Gasteiger charge is 2.18. The van der Waals surface area contributed by atoms with Gasteiger partial charge in [0.15, 0.2) is 6.61 Å². The number of nitrogens with two attached hydrogens (primary N) is 1. The first-order valence-corrected chi connectivity index (χ1v) is 7.46. The molecule has 2 aromatic rings. The van der Waals surface area contributed by atoms with Gasteiger partial charge in [-0.15, -0.1) is 0 Å². The summed E-state index contributed by atoms with van der Waals surface area (Å²) < 4.78 is 5.36. The second kappa shape index (κ2) is 5.33. The number of carbonyl (C=O) groups excluding carboxylic acids is 1. The number of nitrogen functional groups attached to an aromatic ring is 1. The number of fused-ring (bicyclic) bond motifs is 1. The van der Waals surface area contributed by atoms with Crippen molar-refractivity contribution in [3.05, 3.63) is 41.5 Å². The maximum atomic E-state index is 11.4. The highest BCUT2D eigenvalue weighted by Crippen LogP contribution is 2.40. The van der Waals surface area contributed by atoms with Gasteiger partial charge in [-0.2, -0.15) is 0 Å². The van der Waals surface area contributed by atoms with Crippen LogP contribution in [0, 0.1) is 13.8 Å². The molecule has 108 valence electrons. The minimum Gasteiger partial charge on any atom is -0.482 e. The number of ether oxygens (including phenoxy) is 1. The van der Waals surface area contributed by atoms with Crippen molar-refractivity contribution in [3.63, 3.8) is 0 Å². The van der Waals surface area contributed by atoms with E-state index >= 15 is 0 Å². The molecule has 1 amide bonds. The minimum atomic E-state index is -0.144. The van der Waals surface area contributed by atoms with Gasteiger partial charge >= 0.3 is 0 Å². The SMILES string of the molecule is Cc1ccc(C)c(Sc2cc3c(cc2N)OCC(=O)N3)c1. The molecule has 0 aromatic heterocycles. The van der Waals surface area contributed by atoms with Gasteiger partial charge in [0.2, 0.25) is 0 Å². The monoisotopic (exact) mass is 300 g/mol. The third kappa shape index (κ3) is 2.83. The van der Waals surface area contributed by atoms with E-state index in [1.807, 2.05) is 6.07 Å². The van der Waals surface area contributed by atoms with Gasteiger partial charge in [0.05, 0.1) is 5.69 Å². The van der Waals surface area contributed by atoms with Gasteiger partial charge in [0.1, 0.15) is 5.75 Å². The molecule has 3 N–H and O–H groups in total. The molecule has 4 nitrogen and oxygen atoms in total. The lowest BCUT2D eigenvalue weighted by atomic mass is 10.2. The number of carbonyl (C=O) groups is 1. The van der Waals surface area contributed by atoms with Crippen molar-refractivity contribution < 1.29 is 9.53 Å². The number of benzene rings is 2. The number of hydrogen-bond acceptors (Lipinski definition) is 4. The normalized spacial score (nSPS) is 13.3. The molecule has 0 spiro atoms. The lowest BCUT2D eigenvalue weighted by molar-refractivity contribution is -0.118. The summed E-state index contributed by atoms with van der Waals surface area (Å²) in [6.45, 7) is 4.17. The van der Waals surface area contributed by atoms with Crippen LogP contribution in [0.4, 0.5) is 11.4 Å². The fourth-order valence-corrected chi connectivity index (χ4v) is 3.21. The smallest absolute Gasteiger partial charge is 0.262 e. The summed E-state index contributed by atoms with van der Waals surface area (Å²) in [6, 6.07) is 9.95. The summed E-state index contributed by atoms with van der Waals surface area (Å²) in [5.74, 6) is 0.479. The molecule has 0 saturated heterocycles. The quantitative estimate of drug-likeness (QED) is 0.835. The third-order valence-corrected chi connectivity index (χ3v) is 4.54. The average Bonchev–Trinajstić information content (AvgIpc) is 2.44. The van der Waals surface area contributed by atoms with E-state index in [1.54, 1.807) is 17.8 Å². The predicted octanol–water partition coefficient (Wildman–Crippen LogP) is 3.37. The Hall–Kier alpha value is -2.14. The van der Waals surface area contributed by atoms with E-state index < -0.39 is 0 Å². The van der Waals surface area contributed by atoms with Crippen molar-refractivity contribution in [1.82, 2.24) is 0 Å². The van der Waals surface area contributed by atoms with Crippen LogP contribution in [0.15, 0.2) is 40.1 Å². The molecule has 0 aliphatic carbocycles. The second-order valence-electron chi connectivity index (χ2n) is 5.09. The Kier molecular flexibility index (Phi) is 3.51. The topological polar surface area (TPSA) is 64.3 Å². The van der Waals surface area contributed by atoms with E-state index in [9.17, 15) is 4.79 Å². The van der Waals surface area contributed by atoms with Crippen molar-refractivity contribution in [2.75, 3.05) is 17.7 Å². The molecule has 0 atom stereocenters. The molecule has 0 fully saturated rings. The number of nitrogens with one attached hydrogen (secondary N) is 1. The molecular weight excluding hydrogens is 284 g/mol. The van der Waals surface area contributed by atoms with E-state index in [2.05, 4.69) is 37.4 Å². The summed E-state index contributed by atoms with van der Waals surface area (Å²) >= 11 is 1.60. The zero-order valence-corrected chi connectivity index (χ0v) is 12.7. The molecule has 21 heavy (non-hydrogen) atoms. The van der Waals surface area contributed by atoms with Crippen LogP contribution in [0.2, 0.25) is 0 Å². The minimum absolute atomic E-state index is 0.0376. The molecular formula is C16H16N2O2S. The number of amides is 1. The Morgan fingerprint density at radius 3 is 2.81 bits per heavy atom. The van der Waals surface area contributed by atoms with Crippen molar-refractivity contribution >= 4 is 29.0 Å². The van der Waals surface area contributed by atoms with Crippen LogP contribution in [-0.2, 0) is 4.79 Å². The molecule has 0 radical (unpaired) electrons. The summed E-state index contributed by atoms with van der Waals surface area (Å²) in [7, 11) is 0. The highest BCUT2D eigenvalue weighted by atomic mass is 32.2. The van der Waals surface area contributed by atoms with Crippen LogP contribution in [0.25, 0.3) is 0 Å². The number of rotatable bonds is 2. The fraction of sp³-hybridized carbons (Fsp3) is 0.188. The Bertz CT molecular complexity index is 728. The Morgan fingerprint density at radius 1 is 1.19 bits per heavy atom. The summed E-state index contributed by atoms with van der Waals surface area (Å²) in [4.78, 5) is 13.5. The number of anilines is 2. The first-order chi connectivity index (χ1) is 10.0. The van der Waals surface area contributed by atoms with Gasteiger partial charge in [-0.25, -0.2) is 0 Å². The van der Waals surface area contributed by atoms with Crippen molar-refractivity contribution in [2.45, 2.75) is 23.6 Å². The first kappa shape index (κ1) is 13.8. The van der Waals surface area contributed by atoms with Gasteiger partial charge < -0.3 is 15.8 Å². The van der Waals surface area contributed by atoms with Crippen molar-refractivity contribution in [3.8, 4) is 5.75 Å². The van der Waals surface area contributed by atoms with Gasteiger partial charge in [0.25, 0.3) is 5.91 Å². The lowest BCUT2D eigenvalue weighted by Crippen LogP contribution is -2.25. The number of aryl methyl sites for hydroxylation is 2. The van der Waals surface area contributed by atoms with Crippen LogP contribution in [-0.4, -0.2) is 12.5 Å². The van der Waals surface area contributed by atoms with Gasteiger partial charge in [-0.05, 0) is 37.1 Å². The van der Waals surface area contributed by atoms with E-state index in [1.165, 1.54) is 11.1 Å². The Labute approximate surface area is 127 Å². The van der Waals surface area contributed by atoms with E-state index in [0.717, 1.165) is 9.79 Å². The van der Waals surface area contributed by atoms with Crippen LogP contribution in [0.1, 0.15) is 11.1 Å². The van der Waals surface area contributed by atoms with Crippen LogP contribution >= 0.6 is 11.8 Å². The van der Waals surface area contributed by atoms with Crippen LogP contribution in [0.3, 0.4) is 0 Å². The Morgan fingerprint density at radius 2 is 2.00 bits per heavy atom. The molecule has 0 unspecified atom stereocenters. The second-order valence-corrected chi connectivity index (χ2v) is 6.18. The van der Waals surface area contributed by atoms with Gasteiger partial charge in [-0.3, -0.25) is 4.79 Å². The maximum absolute atomic E-state index is 11.4. The van der Waals surface area contributed by atoms with E-state index in [0.29, 0.717) is 17.1 Å². The van der Waals surface area contributed by atoms with Gasteiger partial charge in [-0.1, -0.05) is 23.9 Å². The van der Waals surface area contributed by atoms with Crippen LogP contribution in [0.5, 0.6) is 5.75 Å². The fourth-order valence-electron chi connectivity index (χ4n) is 2.15. The van der Waals surface area contributed by atoms with Crippen molar-refractivity contribution in [1.29, 1.82) is 0 Å². The lowest BCUT2D eigenvalue weighted by Gasteiger charge is -2.20. The third-order valence-electron chi connectivity index (χ3n) is 3.31. The summed E-state index contributed by atoms with van der Waals surface area (Å²) in [5, 5.41) is 2.81. The molecule has 1 aliphatic heterocycles. The largest absolute Gasteiger partial charge is 0.482 e. The molecule has 1 heterocycles. The molecule has 0 saturated carbocycles. The Balaban J connectivity index is 1.97. The van der Waals surface area contributed by atoms with E-state index in [4.69, 9.17) is 10.5 Å². The molecule has 2 aromatic carbocycles. The number of hydrogen-bond donors (Lipinski definition) is 2. The molecule has 5 heteroatoms. The molecule has 1 aliphatic rings. The van der Waals surface area contributed by atoms with Gasteiger partial charge in [0, 0.05) is 21.5 Å². The van der Waals surface area contributed by atoms with E-state index in [-0.39, 0.29) is 12.5 Å². The predicted molar refractivity (Wildman–Crippen MR) is 85.0 cm³/mol. The summed E-state index contributed by atoms with van der Waals surface area (Å²) in [6.07, 6.45) is 0.